The number of fused-ring (bicyclic) bond motifs is 1. The Hall–Kier alpha value is -2.29. The van der Waals surface area contributed by atoms with Gasteiger partial charge in [-0.2, -0.15) is 0 Å². The van der Waals surface area contributed by atoms with Crippen LogP contribution in [0.1, 0.15) is 42.6 Å². The van der Waals surface area contributed by atoms with Gasteiger partial charge in [0.15, 0.2) is 0 Å². The lowest BCUT2D eigenvalue weighted by molar-refractivity contribution is 0.0331. The van der Waals surface area contributed by atoms with Crippen molar-refractivity contribution in [1.82, 2.24) is 19.9 Å². The molecule has 0 amide bonds. The molecule has 166 valence electrons. The number of morpholine rings is 1. The van der Waals surface area contributed by atoms with Crippen molar-refractivity contribution in [3.05, 3.63) is 40.2 Å². The number of aryl methyl sites for hydroxylation is 2. The zero-order chi connectivity index (χ0) is 22.0. The SMILES string of the molecule is Cc1sc2nc(CN3CCOCC3)nc(NCc3ccnc(OC(C)(C)C)c3)c2c1C. The second-order valence-electron chi connectivity index (χ2n) is 8.91. The van der Waals surface area contributed by atoms with Crippen molar-refractivity contribution in [2.24, 2.45) is 0 Å². The van der Waals surface area contributed by atoms with E-state index >= 15 is 0 Å². The Balaban J connectivity index is 1.58. The standard InChI is InChI=1S/C23H31N5O2S/c1-15-16(2)31-22-20(15)21(26-18(27-22)14-28-8-10-29-11-9-28)25-13-17-6-7-24-19(12-17)30-23(3,4)5/h6-7,12H,8-11,13-14H2,1-5H3,(H,25,26,27). The minimum absolute atomic E-state index is 0.280. The minimum atomic E-state index is -0.280. The first-order valence-electron chi connectivity index (χ1n) is 10.7. The molecule has 0 atom stereocenters. The summed E-state index contributed by atoms with van der Waals surface area (Å²) in [4.78, 5) is 18.8. The highest BCUT2D eigenvalue weighted by atomic mass is 32.1. The fourth-order valence-corrected chi connectivity index (χ4v) is 4.62. The third-order valence-corrected chi connectivity index (χ3v) is 6.31. The van der Waals surface area contributed by atoms with Crippen LogP contribution in [-0.4, -0.2) is 51.8 Å². The van der Waals surface area contributed by atoms with Crippen molar-refractivity contribution in [3.63, 3.8) is 0 Å². The lowest BCUT2D eigenvalue weighted by Crippen LogP contribution is -2.36. The minimum Gasteiger partial charge on any atom is -0.472 e. The average molecular weight is 442 g/mol. The van der Waals surface area contributed by atoms with Crippen LogP contribution in [0.15, 0.2) is 18.3 Å². The molecule has 1 saturated heterocycles. The predicted molar refractivity (Wildman–Crippen MR) is 125 cm³/mol. The molecule has 0 bridgehead atoms. The smallest absolute Gasteiger partial charge is 0.214 e. The number of hydrogen-bond donors (Lipinski definition) is 1. The maximum atomic E-state index is 5.91. The van der Waals surface area contributed by atoms with Crippen LogP contribution >= 0.6 is 11.3 Å². The number of anilines is 1. The van der Waals surface area contributed by atoms with E-state index < -0.39 is 0 Å². The van der Waals surface area contributed by atoms with Crippen LogP contribution in [0.4, 0.5) is 5.82 Å². The lowest BCUT2D eigenvalue weighted by atomic mass is 10.2. The molecular formula is C23H31N5O2S. The summed E-state index contributed by atoms with van der Waals surface area (Å²) in [5.74, 6) is 2.38. The fraction of sp³-hybridized carbons (Fsp3) is 0.522. The van der Waals surface area contributed by atoms with E-state index in [1.54, 1.807) is 17.5 Å². The van der Waals surface area contributed by atoms with Gasteiger partial charge in [-0.25, -0.2) is 15.0 Å². The molecule has 7 nitrogen and oxygen atoms in total. The van der Waals surface area contributed by atoms with Crippen molar-refractivity contribution in [2.75, 3.05) is 31.6 Å². The Labute approximate surface area is 187 Å². The lowest BCUT2D eigenvalue weighted by Gasteiger charge is -2.25. The van der Waals surface area contributed by atoms with Crippen molar-refractivity contribution in [3.8, 4) is 5.88 Å². The summed E-state index contributed by atoms with van der Waals surface area (Å²) in [6.07, 6.45) is 1.79. The van der Waals surface area contributed by atoms with Gasteiger partial charge in [-0.1, -0.05) is 0 Å². The number of nitrogens with one attached hydrogen (secondary N) is 1. The highest BCUT2D eigenvalue weighted by Crippen LogP contribution is 2.33. The van der Waals surface area contributed by atoms with Gasteiger partial charge in [0, 0.05) is 36.8 Å². The molecule has 0 saturated carbocycles. The van der Waals surface area contributed by atoms with Crippen LogP contribution in [-0.2, 0) is 17.8 Å². The first-order valence-corrected chi connectivity index (χ1v) is 11.5. The Morgan fingerprint density at radius 1 is 1.19 bits per heavy atom. The second-order valence-corrected chi connectivity index (χ2v) is 10.1. The number of pyridine rings is 1. The van der Waals surface area contributed by atoms with Crippen molar-refractivity contribution in [1.29, 1.82) is 0 Å². The molecule has 3 aromatic heterocycles. The summed E-state index contributed by atoms with van der Waals surface area (Å²) in [5, 5.41) is 4.67. The fourth-order valence-electron chi connectivity index (χ4n) is 3.57. The monoisotopic (exact) mass is 441 g/mol. The van der Waals surface area contributed by atoms with E-state index in [1.807, 2.05) is 32.9 Å². The van der Waals surface area contributed by atoms with Gasteiger partial charge < -0.3 is 14.8 Å². The molecule has 1 N–H and O–H groups in total. The summed E-state index contributed by atoms with van der Waals surface area (Å²) in [5.41, 5.74) is 2.06. The Morgan fingerprint density at radius 3 is 2.71 bits per heavy atom. The third kappa shape index (κ3) is 5.50. The molecule has 1 aliphatic rings. The van der Waals surface area contributed by atoms with Gasteiger partial charge in [0.2, 0.25) is 5.88 Å². The molecule has 1 aliphatic heterocycles. The average Bonchev–Trinajstić information content (AvgIpc) is 3.00. The van der Waals surface area contributed by atoms with Gasteiger partial charge >= 0.3 is 0 Å². The summed E-state index contributed by atoms with van der Waals surface area (Å²) >= 11 is 1.74. The molecule has 3 aromatic rings. The zero-order valence-electron chi connectivity index (χ0n) is 19.0. The molecule has 0 unspecified atom stereocenters. The van der Waals surface area contributed by atoms with Gasteiger partial charge in [0.05, 0.1) is 25.1 Å². The van der Waals surface area contributed by atoms with Crippen LogP contribution in [0.2, 0.25) is 0 Å². The van der Waals surface area contributed by atoms with E-state index in [0.29, 0.717) is 12.4 Å². The predicted octanol–water partition coefficient (Wildman–Crippen LogP) is 4.32. The topological polar surface area (TPSA) is 72.4 Å². The van der Waals surface area contributed by atoms with Crippen molar-refractivity contribution >= 4 is 27.4 Å². The Morgan fingerprint density at radius 2 is 1.97 bits per heavy atom. The normalized spacial score (nSPS) is 15.4. The van der Waals surface area contributed by atoms with Crippen LogP contribution in [0.5, 0.6) is 5.88 Å². The van der Waals surface area contributed by atoms with E-state index in [-0.39, 0.29) is 5.60 Å². The molecule has 1 fully saturated rings. The van der Waals surface area contributed by atoms with Crippen LogP contribution in [0.25, 0.3) is 10.2 Å². The second kappa shape index (κ2) is 9.06. The maximum Gasteiger partial charge on any atom is 0.214 e. The van der Waals surface area contributed by atoms with Gasteiger partial charge in [0.1, 0.15) is 22.1 Å². The van der Waals surface area contributed by atoms with Crippen molar-refractivity contribution < 1.29 is 9.47 Å². The summed E-state index contributed by atoms with van der Waals surface area (Å²) in [7, 11) is 0. The van der Waals surface area contributed by atoms with E-state index in [4.69, 9.17) is 19.4 Å². The first kappa shape index (κ1) is 21.9. The number of aromatic nitrogens is 3. The van der Waals surface area contributed by atoms with Crippen LogP contribution in [0, 0.1) is 13.8 Å². The molecule has 8 heteroatoms. The number of hydrogen-bond acceptors (Lipinski definition) is 8. The molecule has 0 radical (unpaired) electrons. The zero-order valence-corrected chi connectivity index (χ0v) is 19.8. The third-order valence-electron chi connectivity index (χ3n) is 5.21. The Bertz CT molecular complexity index is 1050. The molecule has 31 heavy (non-hydrogen) atoms. The highest BCUT2D eigenvalue weighted by molar-refractivity contribution is 7.18. The molecule has 0 aromatic carbocycles. The molecule has 4 heterocycles. The molecule has 0 spiro atoms. The highest BCUT2D eigenvalue weighted by Gasteiger charge is 2.18. The van der Waals surface area contributed by atoms with Gasteiger partial charge in [0.25, 0.3) is 0 Å². The molecule has 4 rings (SSSR count). The Kier molecular flexibility index (Phi) is 6.41. The first-order chi connectivity index (χ1) is 14.8. The maximum absolute atomic E-state index is 5.91. The van der Waals surface area contributed by atoms with E-state index in [2.05, 4.69) is 29.0 Å². The van der Waals surface area contributed by atoms with E-state index in [1.165, 1.54) is 10.4 Å². The van der Waals surface area contributed by atoms with Gasteiger partial charge in [-0.15, -0.1) is 11.3 Å². The summed E-state index contributed by atoms with van der Waals surface area (Å²) in [6.45, 7) is 15.1. The van der Waals surface area contributed by atoms with Crippen LogP contribution < -0.4 is 10.1 Å². The van der Waals surface area contributed by atoms with Crippen LogP contribution in [0.3, 0.4) is 0 Å². The van der Waals surface area contributed by atoms with E-state index in [0.717, 1.165) is 60.3 Å². The molecule has 0 aliphatic carbocycles. The van der Waals surface area contributed by atoms with E-state index in [9.17, 15) is 0 Å². The molecular weight excluding hydrogens is 410 g/mol. The quantitative estimate of drug-likeness (QED) is 0.610. The number of nitrogens with zero attached hydrogens (tertiary/aromatic N) is 4. The summed E-state index contributed by atoms with van der Waals surface area (Å²) in [6, 6.07) is 3.98. The largest absolute Gasteiger partial charge is 0.472 e. The van der Waals surface area contributed by atoms with Crippen molar-refractivity contribution in [2.45, 2.75) is 53.3 Å². The number of thiophene rings is 1. The van der Waals surface area contributed by atoms with Gasteiger partial charge in [-0.05, 0) is 51.8 Å². The van der Waals surface area contributed by atoms with Gasteiger partial charge in [-0.3, -0.25) is 4.90 Å². The number of ether oxygens (including phenoxy) is 2. The summed E-state index contributed by atoms with van der Waals surface area (Å²) < 4.78 is 11.4. The number of rotatable bonds is 6.